The van der Waals surface area contributed by atoms with Gasteiger partial charge in [0.25, 0.3) is 0 Å². The topological polar surface area (TPSA) is 49.8 Å². The first-order chi connectivity index (χ1) is 6.40. The van der Waals surface area contributed by atoms with Crippen LogP contribution in [0, 0.1) is 11.3 Å². The Bertz CT molecular complexity index is 425. The van der Waals surface area contributed by atoms with Crippen LogP contribution in [0.25, 0.3) is 10.8 Å². The minimum atomic E-state index is 0.358. The zero-order valence-electron chi connectivity index (χ0n) is 6.73. The van der Waals surface area contributed by atoms with Gasteiger partial charge >= 0.3 is 0 Å². The molecule has 2 rings (SSSR count). The molecule has 0 unspecified atom stereocenters. The van der Waals surface area contributed by atoms with Crippen LogP contribution in [-0.2, 0) is 6.42 Å². The van der Waals surface area contributed by atoms with Gasteiger partial charge in [-0.1, -0.05) is 0 Å². The van der Waals surface area contributed by atoms with Crippen molar-refractivity contribution in [1.29, 1.82) is 5.26 Å². The van der Waals surface area contributed by atoms with Crippen molar-refractivity contribution in [2.75, 3.05) is 0 Å². The number of rotatable bonds is 2. The lowest BCUT2D eigenvalue weighted by atomic mass is 10.4. The molecule has 2 aromatic rings. The van der Waals surface area contributed by atoms with E-state index in [1.165, 1.54) is 11.3 Å². The molecule has 2 aromatic heterocycles. The lowest BCUT2D eigenvalue weighted by Crippen LogP contribution is -1.80. The molecule has 0 amide bonds. The summed E-state index contributed by atoms with van der Waals surface area (Å²) in [5, 5.41) is 11.2. The van der Waals surface area contributed by atoms with Crippen molar-refractivity contribution < 1.29 is 4.42 Å². The highest BCUT2D eigenvalue weighted by atomic mass is 32.1. The third-order valence-corrected chi connectivity index (χ3v) is 2.45. The van der Waals surface area contributed by atoms with Crippen molar-refractivity contribution in [3.05, 3.63) is 29.5 Å². The van der Waals surface area contributed by atoms with Crippen LogP contribution in [0.15, 0.2) is 28.2 Å². The fourth-order valence-electron chi connectivity index (χ4n) is 0.983. The first-order valence-corrected chi connectivity index (χ1v) is 4.63. The minimum Gasteiger partial charge on any atom is -0.462 e. The minimum absolute atomic E-state index is 0.358. The molecule has 4 heteroatoms. The van der Waals surface area contributed by atoms with Crippen LogP contribution < -0.4 is 0 Å². The van der Waals surface area contributed by atoms with E-state index in [0.29, 0.717) is 6.42 Å². The van der Waals surface area contributed by atoms with Gasteiger partial charge in [0.1, 0.15) is 0 Å². The second-order valence-electron chi connectivity index (χ2n) is 2.46. The van der Waals surface area contributed by atoms with E-state index >= 15 is 0 Å². The molecule has 0 saturated carbocycles. The van der Waals surface area contributed by atoms with E-state index in [0.717, 1.165) is 16.5 Å². The predicted octanol–water partition coefficient (Wildman–Crippen LogP) is 2.47. The average Bonchev–Trinajstić information content (AvgIpc) is 2.70. The molecule has 0 aliphatic carbocycles. The Morgan fingerprint density at radius 3 is 3.23 bits per heavy atom. The molecule has 2 heterocycles. The molecule has 13 heavy (non-hydrogen) atoms. The standard InChI is InChI=1S/C9H6N2OS/c10-4-3-7-6-13-9(11-7)8-2-1-5-12-8/h1-2,5-6H,3H2. The summed E-state index contributed by atoms with van der Waals surface area (Å²) in [5.41, 5.74) is 0.805. The van der Waals surface area contributed by atoms with Crippen molar-refractivity contribution in [2.24, 2.45) is 0 Å². The number of aromatic nitrogens is 1. The van der Waals surface area contributed by atoms with Gasteiger partial charge in [0.15, 0.2) is 10.8 Å². The van der Waals surface area contributed by atoms with Gasteiger partial charge in [0.05, 0.1) is 24.4 Å². The molecule has 0 N–H and O–H groups in total. The number of nitrogens with zero attached hydrogens (tertiary/aromatic N) is 2. The Hall–Kier alpha value is -1.60. The van der Waals surface area contributed by atoms with Crippen LogP contribution in [0.3, 0.4) is 0 Å². The summed E-state index contributed by atoms with van der Waals surface area (Å²) >= 11 is 1.49. The summed E-state index contributed by atoms with van der Waals surface area (Å²) < 4.78 is 5.18. The van der Waals surface area contributed by atoms with Gasteiger partial charge in [-0.2, -0.15) is 5.26 Å². The van der Waals surface area contributed by atoms with Crippen LogP contribution >= 0.6 is 11.3 Å². The van der Waals surface area contributed by atoms with Gasteiger partial charge in [-0.05, 0) is 12.1 Å². The Labute approximate surface area is 79.3 Å². The molecule has 0 aromatic carbocycles. The molecular weight excluding hydrogens is 184 g/mol. The molecule has 3 nitrogen and oxygen atoms in total. The van der Waals surface area contributed by atoms with E-state index in [4.69, 9.17) is 9.68 Å². The fourth-order valence-corrected chi connectivity index (χ4v) is 1.77. The van der Waals surface area contributed by atoms with E-state index < -0.39 is 0 Å². The molecular formula is C9H6N2OS. The summed E-state index contributed by atoms with van der Waals surface area (Å²) in [6, 6.07) is 5.73. The van der Waals surface area contributed by atoms with E-state index in [1.807, 2.05) is 17.5 Å². The van der Waals surface area contributed by atoms with Crippen molar-refractivity contribution in [3.8, 4) is 16.8 Å². The number of thiazole rings is 1. The number of furan rings is 1. The fraction of sp³-hybridized carbons (Fsp3) is 0.111. The third-order valence-electron chi connectivity index (χ3n) is 1.54. The maximum Gasteiger partial charge on any atom is 0.162 e. The van der Waals surface area contributed by atoms with Gasteiger partial charge in [0, 0.05) is 5.38 Å². The molecule has 64 valence electrons. The van der Waals surface area contributed by atoms with Gasteiger partial charge in [0.2, 0.25) is 0 Å². The molecule has 0 saturated heterocycles. The van der Waals surface area contributed by atoms with Crippen molar-refractivity contribution >= 4 is 11.3 Å². The SMILES string of the molecule is N#CCc1csc(-c2ccco2)n1. The van der Waals surface area contributed by atoms with Crippen LogP contribution in [-0.4, -0.2) is 4.98 Å². The molecule has 0 atom stereocenters. The number of hydrogen-bond donors (Lipinski definition) is 0. The van der Waals surface area contributed by atoms with Crippen LogP contribution in [0.4, 0.5) is 0 Å². The van der Waals surface area contributed by atoms with Crippen molar-refractivity contribution in [2.45, 2.75) is 6.42 Å². The lowest BCUT2D eigenvalue weighted by molar-refractivity contribution is 0.581. The van der Waals surface area contributed by atoms with Crippen molar-refractivity contribution in [3.63, 3.8) is 0 Å². The lowest BCUT2D eigenvalue weighted by Gasteiger charge is -1.85. The third kappa shape index (κ3) is 1.60. The molecule has 0 radical (unpaired) electrons. The normalized spacial score (nSPS) is 9.77. The predicted molar refractivity (Wildman–Crippen MR) is 49.1 cm³/mol. The first-order valence-electron chi connectivity index (χ1n) is 3.75. The van der Waals surface area contributed by atoms with Gasteiger partial charge in [-0.3, -0.25) is 0 Å². The Balaban J connectivity index is 2.29. The van der Waals surface area contributed by atoms with Crippen LogP contribution in [0.2, 0.25) is 0 Å². The van der Waals surface area contributed by atoms with Crippen molar-refractivity contribution in [1.82, 2.24) is 4.98 Å². The largest absolute Gasteiger partial charge is 0.462 e. The van der Waals surface area contributed by atoms with Gasteiger partial charge in [-0.25, -0.2) is 4.98 Å². The van der Waals surface area contributed by atoms with Gasteiger partial charge < -0.3 is 4.42 Å². The zero-order valence-corrected chi connectivity index (χ0v) is 7.54. The van der Waals surface area contributed by atoms with E-state index in [2.05, 4.69) is 11.1 Å². The average molecular weight is 190 g/mol. The zero-order chi connectivity index (χ0) is 9.10. The Morgan fingerprint density at radius 2 is 2.54 bits per heavy atom. The van der Waals surface area contributed by atoms with Crippen LogP contribution in [0.5, 0.6) is 0 Å². The van der Waals surface area contributed by atoms with E-state index in [1.54, 1.807) is 6.26 Å². The monoisotopic (exact) mass is 190 g/mol. The number of hydrogen-bond acceptors (Lipinski definition) is 4. The molecule has 0 fully saturated rings. The maximum absolute atomic E-state index is 8.45. The summed E-state index contributed by atoms with van der Waals surface area (Å²) in [4.78, 5) is 4.24. The molecule has 0 aliphatic heterocycles. The highest BCUT2D eigenvalue weighted by molar-refractivity contribution is 7.13. The number of nitriles is 1. The quantitative estimate of drug-likeness (QED) is 0.730. The van der Waals surface area contributed by atoms with E-state index in [9.17, 15) is 0 Å². The Morgan fingerprint density at radius 1 is 1.62 bits per heavy atom. The summed E-state index contributed by atoms with van der Waals surface area (Å²) in [5.74, 6) is 0.759. The summed E-state index contributed by atoms with van der Waals surface area (Å²) in [6.45, 7) is 0. The van der Waals surface area contributed by atoms with Gasteiger partial charge in [-0.15, -0.1) is 11.3 Å². The first kappa shape index (κ1) is 8.02. The van der Waals surface area contributed by atoms with E-state index in [-0.39, 0.29) is 0 Å². The Kier molecular flexibility index (Phi) is 2.11. The highest BCUT2D eigenvalue weighted by Crippen LogP contribution is 2.23. The smallest absolute Gasteiger partial charge is 0.162 e. The van der Waals surface area contributed by atoms with Crippen LogP contribution in [0.1, 0.15) is 5.69 Å². The molecule has 0 aliphatic rings. The summed E-state index contributed by atoms with van der Waals surface area (Å²) in [6.07, 6.45) is 1.97. The molecule has 0 spiro atoms. The second kappa shape index (κ2) is 3.42. The second-order valence-corrected chi connectivity index (χ2v) is 3.31. The highest BCUT2D eigenvalue weighted by Gasteiger charge is 2.05. The molecule has 0 bridgehead atoms. The maximum atomic E-state index is 8.45. The summed E-state index contributed by atoms with van der Waals surface area (Å²) in [7, 11) is 0.